The minimum atomic E-state index is -0.0715. The highest BCUT2D eigenvalue weighted by Gasteiger charge is 2.34. The van der Waals surface area contributed by atoms with Crippen LogP contribution < -0.4 is 4.90 Å². The van der Waals surface area contributed by atoms with Crippen molar-refractivity contribution < 1.29 is 4.79 Å². The first kappa shape index (κ1) is 17.2. The summed E-state index contributed by atoms with van der Waals surface area (Å²) in [4.78, 5) is 18.4. The predicted octanol–water partition coefficient (Wildman–Crippen LogP) is 4.76. The Balaban J connectivity index is 3.52. The number of ketones is 1. The summed E-state index contributed by atoms with van der Waals surface area (Å²) in [6, 6.07) is 0. The molecule has 0 N–H and O–H groups in total. The molecular weight excluding hydrogens is 316 g/mol. The third-order valence-corrected chi connectivity index (χ3v) is 4.13. The minimum Gasteiger partial charge on any atom is -0.346 e. The molecule has 0 amide bonds. The number of nitrogens with zero attached hydrogens (tertiary/aromatic N) is 2. The van der Waals surface area contributed by atoms with E-state index in [9.17, 15) is 4.79 Å². The monoisotopic (exact) mass is 340 g/mol. The third-order valence-electron chi connectivity index (χ3n) is 3.18. The smallest absolute Gasteiger partial charge is 0.161 e. The van der Waals surface area contributed by atoms with Gasteiger partial charge in [-0.25, -0.2) is 4.98 Å². The van der Waals surface area contributed by atoms with Crippen LogP contribution in [0.1, 0.15) is 64.4 Å². The number of hydrogen-bond acceptors (Lipinski definition) is 3. The molecule has 1 rings (SSSR count). The topological polar surface area (TPSA) is 33.2 Å². The molecular formula is C16H25BrN2O. The number of halogens is 1. The lowest BCUT2D eigenvalue weighted by Crippen LogP contribution is -2.53. The maximum absolute atomic E-state index is 11.6. The Kier molecular flexibility index (Phi) is 4.69. The lowest BCUT2D eigenvalue weighted by atomic mass is 9.95. The van der Waals surface area contributed by atoms with E-state index in [2.05, 4.69) is 67.4 Å². The van der Waals surface area contributed by atoms with E-state index < -0.39 is 0 Å². The largest absolute Gasteiger partial charge is 0.346 e. The van der Waals surface area contributed by atoms with Crippen LogP contribution in [-0.2, 0) is 0 Å². The first-order valence-corrected chi connectivity index (χ1v) is 7.63. The maximum atomic E-state index is 11.6. The quantitative estimate of drug-likeness (QED) is 0.727. The molecule has 0 bridgehead atoms. The van der Waals surface area contributed by atoms with Crippen LogP contribution in [0.3, 0.4) is 0 Å². The molecule has 20 heavy (non-hydrogen) atoms. The molecule has 0 aliphatic rings. The van der Waals surface area contributed by atoms with E-state index in [-0.39, 0.29) is 16.9 Å². The molecule has 1 aromatic heterocycles. The number of aromatic nitrogens is 1. The maximum Gasteiger partial charge on any atom is 0.161 e. The van der Waals surface area contributed by atoms with Crippen LogP contribution in [0.15, 0.2) is 10.7 Å². The van der Waals surface area contributed by atoms with Crippen molar-refractivity contribution in [3.63, 3.8) is 0 Å². The highest BCUT2D eigenvalue weighted by atomic mass is 79.9. The average Bonchev–Trinajstić information content (AvgIpc) is 2.20. The zero-order chi connectivity index (χ0) is 15.9. The SMILES string of the molecule is CC(=O)c1cnc(N(C(C)(C)C)C(C)(C)C)c(Br)c1C. The molecule has 3 nitrogen and oxygen atoms in total. The zero-order valence-corrected chi connectivity index (χ0v) is 15.3. The molecule has 0 aromatic carbocycles. The zero-order valence-electron chi connectivity index (χ0n) is 13.8. The van der Waals surface area contributed by atoms with Crippen molar-refractivity contribution in [2.45, 2.75) is 66.5 Å². The molecule has 0 aliphatic carbocycles. The molecule has 4 heteroatoms. The van der Waals surface area contributed by atoms with E-state index >= 15 is 0 Å². The fourth-order valence-corrected chi connectivity index (χ4v) is 3.21. The van der Waals surface area contributed by atoms with Gasteiger partial charge in [-0.3, -0.25) is 4.79 Å². The van der Waals surface area contributed by atoms with Crippen molar-refractivity contribution in [1.82, 2.24) is 4.98 Å². The summed E-state index contributed by atoms with van der Waals surface area (Å²) in [5, 5.41) is 0. The molecule has 112 valence electrons. The molecule has 0 radical (unpaired) electrons. The van der Waals surface area contributed by atoms with Crippen LogP contribution in [0.2, 0.25) is 0 Å². The lowest BCUT2D eigenvalue weighted by molar-refractivity contribution is 0.101. The normalized spacial score (nSPS) is 12.4. The van der Waals surface area contributed by atoms with Gasteiger partial charge in [-0.15, -0.1) is 0 Å². The van der Waals surface area contributed by atoms with Gasteiger partial charge >= 0.3 is 0 Å². The second-order valence-corrected chi connectivity index (χ2v) is 7.96. The van der Waals surface area contributed by atoms with Gasteiger partial charge in [0.25, 0.3) is 0 Å². The molecule has 0 saturated heterocycles. The first-order valence-electron chi connectivity index (χ1n) is 6.83. The van der Waals surface area contributed by atoms with Crippen molar-refractivity contribution >= 4 is 27.5 Å². The number of hydrogen-bond donors (Lipinski definition) is 0. The summed E-state index contributed by atoms with van der Waals surface area (Å²) in [6.45, 7) is 16.5. The van der Waals surface area contributed by atoms with Crippen molar-refractivity contribution in [3.05, 3.63) is 21.8 Å². The molecule has 0 unspecified atom stereocenters. The fourth-order valence-electron chi connectivity index (χ4n) is 2.72. The van der Waals surface area contributed by atoms with Crippen LogP contribution in [0, 0.1) is 6.92 Å². The first-order chi connectivity index (χ1) is 8.87. The summed E-state index contributed by atoms with van der Waals surface area (Å²) >= 11 is 3.63. The van der Waals surface area contributed by atoms with E-state index in [1.807, 2.05) is 6.92 Å². The third kappa shape index (κ3) is 3.40. The summed E-state index contributed by atoms with van der Waals surface area (Å²) in [7, 11) is 0. The Morgan fingerprint density at radius 2 is 1.60 bits per heavy atom. The number of rotatable bonds is 2. The van der Waals surface area contributed by atoms with Crippen LogP contribution in [0.5, 0.6) is 0 Å². The summed E-state index contributed by atoms with van der Waals surface area (Å²) in [6.07, 6.45) is 1.68. The molecule has 0 saturated carbocycles. The standard InChI is InChI=1S/C16H25BrN2O/c1-10-12(11(2)20)9-18-14(13(10)17)19(15(3,4)5)16(6,7)8/h9H,1-8H3. The van der Waals surface area contributed by atoms with Gasteiger partial charge < -0.3 is 4.90 Å². The molecule has 0 atom stereocenters. The summed E-state index contributed by atoms with van der Waals surface area (Å²) in [5.74, 6) is 0.924. The Labute approximate surface area is 130 Å². The van der Waals surface area contributed by atoms with Crippen LogP contribution in [0.25, 0.3) is 0 Å². The van der Waals surface area contributed by atoms with Gasteiger partial charge in [0.1, 0.15) is 5.82 Å². The van der Waals surface area contributed by atoms with Gasteiger partial charge in [-0.1, -0.05) is 0 Å². The average molecular weight is 341 g/mol. The van der Waals surface area contributed by atoms with E-state index in [1.165, 1.54) is 0 Å². The second kappa shape index (κ2) is 5.47. The van der Waals surface area contributed by atoms with Crippen LogP contribution >= 0.6 is 15.9 Å². The Morgan fingerprint density at radius 1 is 1.15 bits per heavy atom. The van der Waals surface area contributed by atoms with Crippen LogP contribution in [0.4, 0.5) is 5.82 Å². The van der Waals surface area contributed by atoms with Gasteiger partial charge in [-0.05, 0) is 76.9 Å². The van der Waals surface area contributed by atoms with Crippen molar-refractivity contribution in [2.24, 2.45) is 0 Å². The van der Waals surface area contributed by atoms with E-state index in [0.29, 0.717) is 5.56 Å². The number of Topliss-reactive ketones (excluding diaryl/α,β-unsaturated/α-hetero) is 1. The summed E-state index contributed by atoms with van der Waals surface area (Å²) in [5.41, 5.74) is 1.47. The lowest BCUT2D eigenvalue weighted by Gasteiger charge is -2.47. The fraction of sp³-hybridized carbons (Fsp3) is 0.625. The van der Waals surface area contributed by atoms with Crippen LogP contribution in [-0.4, -0.2) is 21.8 Å². The molecule has 1 heterocycles. The van der Waals surface area contributed by atoms with Gasteiger partial charge in [-0.2, -0.15) is 0 Å². The minimum absolute atomic E-state index is 0.0420. The highest BCUT2D eigenvalue weighted by Crippen LogP contribution is 2.37. The van der Waals surface area contributed by atoms with Crippen molar-refractivity contribution in [2.75, 3.05) is 4.90 Å². The Morgan fingerprint density at radius 3 is 1.95 bits per heavy atom. The number of carbonyl (C=O) groups is 1. The molecule has 1 aromatic rings. The van der Waals surface area contributed by atoms with Gasteiger partial charge in [0.2, 0.25) is 0 Å². The van der Waals surface area contributed by atoms with E-state index in [0.717, 1.165) is 15.9 Å². The van der Waals surface area contributed by atoms with E-state index in [1.54, 1.807) is 13.1 Å². The van der Waals surface area contributed by atoms with E-state index in [4.69, 9.17) is 0 Å². The molecule has 0 spiro atoms. The number of pyridine rings is 1. The Bertz CT molecular complexity index is 511. The summed E-state index contributed by atoms with van der Waals surface area (Å²) < 4.78 is 0.898. The molecule has 0 aliphatic heterocycles. The number of anilines is 1. The van der Waals surface area contributed by atoms with Gasteiger partial charge in [0.05, 0.1) is 4.47 Å². The van der Waals surface area contributed by atoms with Gasteiger partial charge in [0, 0.05) is 22.8 Å². The van der Waals surface area contributed by atoms with Crippen molar-refractivity contribution in [3.8, 4) is 0 Å². The van der Waals surface area contributed by atoms with Gasteiger partial charge in [0.15, 0.2) is 5.78 Å². The highest BCUT2D eigenvalue weighted by molar-refractivity contribution is 9.10. The Hall–Kier alpha value is -0.900. The number of carbonyl (C=O) groups excluding carboxylic acids is 1. The van der Waals surface area contributed by atoms with Crippen molar-refractivity contribution in [1.29, 1.82) is 0 Å². The predicted molar refractivity (Wildman–Crippen MR) is 88.7 cm³/mol. The molecule has 0 fully saturated rings. The second-order valence-electron chi connectivity index (χ2n) is 7.17.